The monoisotopic (exact) mass is 274 g/mol. The standard InChI is InChI=1S/C16H15FO3/c1-10-7-13(16(18)19)8-11(2)15(10)20-9-12-3-5-14(17)6-4-12/h3-8H,9H2,1-2H3,(H,18,19). The molecule has 2 rings (SSSR count). The van der Waals surface area contributed by atoms with E-state index in [0.29, 0.717) is 12.4 Å². The van der Waals surface area contributed by atoms with Crippen molar-refractivity contribution in [3.8, 4) is 5.75 Å². The quantitative estimate of drug-likeness (QED) is 0.924. The number of aryl methyl sites for hydroxylation is 2. The van der Waals surface area contributed by atoms with Crippen LogP contribution in [0.3, 0.4) is 0 Å². The fourth-order valence-electron chi connectivity index (χ4n) is 2.04. The van der Waals surface area contributed by atoms with Crippen LogP contribution in [0.5, 0.6) is 5.75 Å². The summed E-state index contributed by atoms with van der Waals surface area (Å²) in [5.74, 6) is -0.576. The van der Waals surface area contributed by atoms with Crippen LogP contribution in [0, 0.1) is 19.7 Å². The van der Waals surface area contributed by atoms with E-state index in [0.717, 1.165) is 16.7 Å². The highest BCUT2D eigenvalue weighted by molar-refractivity contribution is 5.88. The molecule has 20 heavy (non-hydrogen) atoms. The first kappa shape index (κ1) is 14.1. The number of ether oxygens (including phenoxy) is 1. The normalized spacial score (nSPS) is 10.3. The third kappa shape index (κ3) is 3.15. The molecule has 0 amide bonds. The molecule has 0 aliphatic heterocycles. The van der Waals surface area contributed by atoms with Crippen LogP contribution < -0.4 is 4.74 Å². The van der Waals surface area contributed by atoms with E-state index in [2.05, 4.69) is 0 Å². The van der Waals surface area contributed by atoms with Crippen molar-refractivity contribution in [2.24, 2.45) is 0 Å². The molecule has 2 aromatic carbocycles. The largest absolute Gasteiger partial charge is 0.488 e. The van der Waals surface area contributed by atoms with Gasteiger partial charge < -0.3 is 9.84 Å². The molecule has 0 heterocycles. The van der Waals surface area contributed by atoms with Gasteiger partial charge >= 0.3 is 5.97 Å². The molecule has 3 nitrogen and oxygen atoms in total. The van der Waals surface area contributed by atoms with Gasteiger partial charge in [-0.15, -0.1) is 0 Å². The molecule has 0 saturated heterocycles. The number of aromatic carboxylic acids is 1. The number of benzene rings is 2. The van der Waals surface area contributed by atoms with E-state index in [1.165, 1.54) is 12.1 Å². The zero-order chi connectivity index (χ0) is 14.7. The van der Waals surface area contributed by atoms with Gasteiger partial charge in [0.2, 0.25) is 0 Å². The summed E-state index contributed by atoms with van der Waals surface area (Å²) in [5.41, 5.74) is 2.63. The number of hydrogen-bond donors (Lipinski definition) is 1. The lowest BCUT2D eigenvalue weighted by Gasteiger charge is -2.13. The molecule has 2 aromatic rings. The molecule has 0 aliphatic carbocycles. The average Bonchev–Trinajstić information content (AvgIpc) is 2.39. The molecule has 0 atom stereocenters. The number of carboxylic acids is 1. The van der Waals surface area contributed by atoms with Gasteiger partial charge in [0.1, 0.15) is 18.2 Å². The first-order valence-electron chi connectivity index (χ1n) is 6.19. The zero-order valence-electron chi connectivity index (χ0n) is 11.3. The molecule has 0 aromatic heterocycles. The molecule has 0 aliphatic rings. The maximum absolute atomic E-state index is 12.8. The Morgan fingerprint density at radius 1 is 1.15 bits per heavy atom. The molecule has 0 unspecified atom stereocenters. The number of carboxylic acid groups (broad SMARTS) is 1. The third-order valence-electron chi connectivity index (χ3n) is 3.00. The SMILES string of the molecule is Cc1cc(C(=O)O)cc(C)c1OCc1ccc(F)cc1. The Morgan fingerprint density at radius 3 is 2.20 bits per heavy atom. The number of carbonyl (C=O) groups is 1. The lowest BCUT2D eigenvalue weighted by molar-refractivity contribution is 0.0696. The van der Waals surface area contributed by atoms with E-state index >= 15 is 0 Å². The van der Waals surface area contributed by atoms with Gasteiger partial charge in [-0.2, -0.15) is 0 Å². The van der Waals surface area contributed by atoms with Crippen LogP contribution in [0.15, 0.2) is 36.4 Å². The molecular formula is C16H15FO3. The number of hydrogen-bond acceptors (Lipinski definition) is 2. The van der Waals surface area contributed by atoms with Crippen LogP contribution in [0.4, 0.5) is 4.39 Å². The first-order chi connectivity index (χ1) is 9.47. The lowest BCUT2D eigenvalue weighted by Crippen LogP contribution is -2.03. The summed E-state index contributed by atoms with van der Waals surface area (Å²) in [6.45, 7) is 3.92. The molecule has 104 valence electrons. The van der Waals surface area contributed by atoms with E-state index in [4.69, 9.17) is 9.84 Å². The van der Waals surface area contributed by atoms with E-state index in [1.807, 2.05) is 0 Å². The van der Waals surface area contributed by atoms with Crippen LogP contribution in [0.1, 0.15) is 27.0 Å². The van der Waals surface area contributed by atoms with Gasteiger partial charge in [0.05, 0.1) is 5.56 Å². The lowest BCUT2D eigenvalue weighted by atomic mass is 10.1. The van der Waals surface area contributed by atoms with Crippen molar-refractivity contribution < 1.29 is 19.0 Å². The summed E-state index contributed by atoms with van der Waals surface area (Å²) in [4.78, 5) is 11.0. The minimum Gasteiger partial charge on any atom is -0.488 e. The van der Waals surface area contributed by atoms with Gasteiger partial charge in [-0.1, -0.05) is 12.1 Å². The van der Waals surface area contributed by atoms with Gasteiger partial charge in [-0.25, -0.2) is 9.18 Å². The predicted octanol–water partition coefficient (Wildman–Crippen LogP) is 3.72. The molecule has 1 N–H and O–H groups in total. The molecular weight excluding hydrogens is 259 g/mol. The smallest absolute Gasteiger partial charge is 0.335 e. The van der Waals surface area contributed by atoms with Crippen LogP contribution in [0.2, 0.25) is 0 Å². The van der Waals surface area contributed by atoms with Crippen molar-refractivity contribution in [3.05, 3.63) is 64.5 Å². The maximum atomic E-state index is 12.8. The molecule has 0 fully saturated rings. The Kier molecular flexibility index (Phi) is 4.03. The summed E-state index contributed by atoms with van der Waals surface area (Å²) in [7, 11) is 0. The topological polar surface area (TPSA) is 46.5 Å². The van der Waals surface area contributed by atoms with Crippen molar-refractivity contribution in [2.45, 2.75) is 20.5 Å². The highest BCUT2D eigenvalue weighted by Crippen LogP contribution is 2.25. The van der Waals surface area contributed by atoms with Crippen molar-refractivity contribution in [1.29, 1.82) is 0 Å². The van der Waals surface area contributed by atoms with E-state index in [-0.39, 0.29) is 11.4 Å². The molecule has 4 heteroatoms. The third-order valence-corrected chi connectivity index (χ3v) is 3.00. The summed E-state index contributed by atoms with van der Waals surface area (Å²) >= 11 is 0. The van der Waals surface area contributed by atoms with Gasteiger partial charge in [0, 0.05) is 0 Å². The van der Waals surface area contributed by atoms with Crippen LogP contribution >= 0.6 is 0 Å². The van der Waals surface area contributed by atoms with Gasteiger partial charge in [0.15, 0.2) is 0 Å². The second kappa shape index (κ2) is 5.74. The number of halogens is 1. The highest BCUT2D eigenvalue weighted by atomic mass is 19.1. The fraction of sp³-hybridized carbons (Fsp3) is 0.188. The Labute approximate surface area is 116 Å². The fourth-order valence-corrected chi connectivity index (χ4v) is 2.04. The van der Waals surface area contributed by atoms with E-state index < -0.39 is 5.97 Å². The number of rotatable bonds is 4. The molecule has 0 radical (unpaired) electrons. The average molecular weight is 274 g/mol. The summed E-state index contributed by atoms with van der Waals surface area (Å²) < 4.78 is 18.5. The summed E-state index contributed by atoms with van der Waals surface area (Å²) in [6.07, 6.45) is 0. The molecule has 0 spiro atoms. The van der Waals surface area contributed by atoms with Gasteiger partial charge in [0.25, 0.3) is 0 Å². The second-order valence-electron chi connectivity index (χ2n) is 4.66. The highest BCUT2D eigenvalue weighted by Gasteiger charge is 2.10. The van der Waals surface area contributed by atoms with Gasteiger partial charge in [-0.05, 0) is 54.8 Å². The van der Waals surface area contributed by atoms with E-state index in [1.54, 1.807) is 38.1 Å². The van der Waals surface area contributed by atoms with Crippen molar-refractivity contribution in [2.75, 3.05) is 0 Å². The van der Waals surface area contributed by atoms with Crippen molar-refractivity contribution in [3.63, 3.8) is 0 Å². The minimum absolute atomic E-state index is 0.245. The zero-order valence-corrected chi connectivity index (χ0v) is 11.3. The van der Waals surface area contributed by atoms with Crippen molar-refractivity contribution >= 4 is 5.97 Å². The Hall–Kier alpha value is -2.36. The van der Waals surface area contributed by atoms with E-state index in [9.17, 15) is 9.18 Å². The Bertz CT molecular complexity index is 610. The van der Waals surface area contributed by atoms with Crippen LogP contribution in [-0.4, -0.2) is 11.1 Å². The maximum Gasteiger partial charge on any atom is 0.335 e. The minimum atomic E-state index is -0.957. The molecule has 0 bridgehead atoms. The van der Waals surface area contributed by atoms with Crippen molar-refractivity contribution in [1.82, 2.24) is 0 Å². The second-order valence-corrected chi connectivity index (χ2v) is 4.66. The Balaban J connectivity index is 2.17. The first-order valence-corrected chi connectivity index (χ1v) is 6.19. The van der Waals surface area contributed by atoms with Gasteiger partial charge in [-0.3, -0.25) is 0 Å². The summed E-state index contributed by atoms with van der Waals surface area (Å²) in [6, 6.07) is 9.24. The molecule has 0 saturated carbocycles. The summed E-state index contributed by atoms with van der Waals surface area (Å²) in [5, 5.41) is 8.98. The van der Waals surface area contributed by atoms with Crippen LogP contribution in [-0.2, 0) is 6.61 Å². The Morgan fingerprint density at radius 2 is 1.70 bits per heavy atom. The predicted molar refractivity (Wildman–Crippen MR) is 73.6 cm³/mol. The van der Waals surface area contributed by atoms with Crippen LogP contribution in [0.25, 0.3) is 0 Å².